The van der Waals surface area contributed by atoms with Crippen LogP contribution < -0.4 is 15.2 Å². The minimum atomic E-state index is 0.0558. The van der Waals surface area contributed by atoms with E-state index in [4.69, 9.17) is 20.3 Å². The molecule has 2 rings (SSSR count). The van der Waals surface area contributed by atoms with Gasteiger partial charge in [0.1, 0.15) is 17.2 Å². The lowest BCUT2D eigenvalue weighted by atomic mass is 10.1. The topological polar surface area (TPSA) is 64.7 Å². The Kier molecular flexibility index (Phi) is 5.06. The number of anilines is 1. The predicted molar refractivity (Wildman–Crippen MR) is 83.9 cm³/mol. The highest BCUT2D eigenvalue weighted by Crippen LogP contribution is 2.35. The minimum Gasteiger partial charge on any atom is -0.489 e. The van der Waals surface area contributed by atoms with Gasteiger partial charge in [0.15, 0.2) is 5.75 Å². The molecule has 4 heteroatoms. The van der Waals surface area contributed by atoms with Crippen LogP contribution in [0, 0.1) is 0 Å². The van der Waals surface area contributed by atoms with Crippen molar-refractivity contribution in [2.24, 2.45) is 0 Å². The van der Waals surface area contributed by atoms with Crippen molar-refractivity contribution in [1.82, 2.24) is 0 Å². The van der Waals surface area contributed by atoms with Crippen LogP contribution in [0.1, 0.15) is 19.4 Å². The Balaban J connectivity index is 2.15. The number of aliphatic hydroxyl groups excluding tert-OH is 1. The maximum Gasteiger partial charge on any atom is 0.154 e. The van der Waals surface area contributed by atoms with Gasteiger partial charge in [-0.2, -0.15) is 0 Å². The van der Waals surface area contributed by atoms with Crippen LogP contribution in [-0.4, -0.2) is 17.8 Å². The molecular weight excluding hydrogens is 266 g/mol. The third-order valence-corrected chi connectivity index (χ3v) is 2.94. The molecule has 2 aromatic carbocycles. The van der Waals surface area contributed by atoms with Crippen LogP contribution in [0.2, 0.25) is 0 Å². The summed E-state index contributed by atoms with van der Waals surface area (Å²) in [5, 5.41) is 8.90. The summed E-state index contributed by atoms with van der Waals surface area (Å²) in [6.45, 7) is 4.04. The average molecular weight is 287 g/mol. The van der Waals surface area contributed by atoms with Crippen LogP contribution in [0.25, 0.3) is 0 Å². The van der Waals surface area contributed by atoms with E-state index in [1.54, 1.807) is 0 Å². The number of nitrogen functional groups attached to an aromatic ring is 1. The fourth-order valence-corrected chi connectivity index (χ4v) is 1.95. The molecule has 0 bridgehead atoms. The number of benzene rings is 2. The SMILES string of the molecule is CC(C)Oc1cccc(Oc2ccc(CCO)cc2)c1N. The maximum absolute atomic E-state index is 8.90. The highest BCUT2D eigenvalue weighted by molar-refractivity contribution is 5.63. The van der Waals surface area contributed by atoms with Crippen LogP contribution in [0.15, 0.2) is 42.5 Å². The molecule has 0 heterocycles. The number of nitrogens with two attached hydrogens (primary N) is 1. The van der Waals surface area contributed by atoms with Crippen LogP contribution in [0.5, 0.6) is 17.2 Å². The maximum atomic E-state index is 8.90. The van der Waals surface area contributed by atoms with Crippen molar-refractivity contribution in [2.45, 2.75) is 26.4 Å². The van der Waals surface area contributed by atoms with E-state index >= 15 is 0 Å². The van der Waals surface area contributed by atoms with Gasteiger partial charge in [-0.15, -0.1) is 0 Å². The predicted octanol–water partition coefficient (Wildman–Crippen LogP) is 3.38. The van der Waals surface area contributed by atoms with Crippen molar-refractivity contribution in [1.29, 1.82) is 0 Å². The number of para-hydroxylation sites is 1. The number of hydrogen-bond acceptors (Lipinski definition) is 4. The first kappa shape index (κ1) is 15.2. The van der Waals surface area contributed by atoms with Crippen molar-refractivity contribution < 1.29 is 14.6 Å². The molecule has 0 amide bonds. The molecule has 0 saturated carbocycles. The first-order valence-electron chi connectivity index (χ1n) is 7.03. The fourth-order valence-electron chi connectivity index (χ4n) is 1.95. The van der Waals surface area contributed by atoms with Gasteiger partial charge in [-0.1, -0.05) is 18.2 Å². The second kappa shape index (κ2) is 6.99. The molecular formula is C17H21NO3. The summed E-state index contributed by atoms with van der Waals surface area (Å²) in [5.74, 6) is 1.90. The lowest BCUT2D eigenvalue weighted by Gasteiger charge is -2.15. The van der Waals surface area contributed by atoms with E-state index < -0.39 is 0 Å². The van der Waals surface area contributed by atoms with Crippen molar-refractivity contribution in [3.63, 3.8) is 0 Å². The summed E-state index contributed by atoms with van der Waals surface area (Å²) >= 11 is 0. The van der Waals surface area contributed by atoms with Crippen molar-refractivity contribution in [3.8, 4) is 17.2 Å². The molecule has 0 spiro atoms. The Labute approximate surface area is 125 Å². The second-order valence-electron chi connectivity index (χ2n) is 5.05. The molecule has 0 aliphatic carbocycles. The van der Waals surface area contributed by atoms with Gasteiger partial charge >= 0.3 is 0 Å². The molecule has 0 aliphatic rings. The number of hydrogen-bond donors (Lipinski definition) is 2. The lowest BCUT2D eigenvalue weighted by Crippen LogP contribution is -2.07. The summed E-state index contributed by atoms with van der Waals surface area (Å²) in [5.41, 5.74) is 7.63. The molecule has 21 heavy (non-hydrogen) atoms. The summed E-state index contributed by atoms with van der Waals surface area (Å²) in [4.78, 5) is 0. The molecule has 0 aromatic heterocycles. The Hall–Kier alpha value is -2.20. The zero-order chi connectivity index (χ0) is 15.2. The summed E-state index contributed by atoms with van der Waals surface area (Å²) in [6.07, 6.45) is 0.695. The van der Waals surface area contributed by atoms with Gasteiger partial charge in [0.25, 0.3) is 0 Å². The summed E-state index contributed by atoms with van der Waals surface area (Å²) < 4.78 is 11.4. The zero-order valence-electron chi connectivity index (χ0n) is 12.4. The Morgan fingerprint density at radius 3 is 2.33 bits per heavy atom. The number of ether oxygens (including phenoxy) is 2. The standard InChI is InChI=1S/C17H21NO3/c1-12(2)20-15-4-3-5-16(17(15)18)21-14-8-6-13(7-9-14)10-11-19/h3-9,12,19H,10-11,18H2,1-2H3. The molecule has 2 aromatic rings. The monoisotopic (exact) mass is 287 g/mol. The minimum absolute atomic E-state index is 0.0558. The van der Waals surface area contributed by atoms with E-state index in [0.29, 0.717) is 29.4 Å². The van der Waals surface area contributed by atoms with E-state index in [-0.39, 0.29) is 12.7 Å². The molecule has 0 unspecified atom stereocenters. The normalized spacial score (nSPS) is 10.7. The van der Waals surface area contributed by atoms with Crippen molar-refractivity contribution >= 4 is 5.69 Å². The largest absolute Gasteiger partial charge is 0.489 e. The molecule has 0 aliphatic heterocycles. The first-order valence-corrected chi connectivity index (χ1v) is 7.03. The van der Waals surface area contributed by atoms with Gasteiger partial charge < -0.3 is 20.3 Å². The molecule has 0 fully saturated rings. The lowest BCUT2D eigenvalue weighted by molar-refractivity contribution is 0.243. The van der Waals surface area contributed by atoms with Gasteiger partial charge in [-0.25, -0.2) is 0 Å². The number of aliphatic hydroxyl groups is 1. The van der Waals surface area contributed by atoms with E-state index in [1.165, 1.54) is 0 Å². The molecule has 0 atom stereocenters. The van der Waals surface area contributed by atoms with Crippen LogP contribution >= 0.6 is 0 Å². The highest BCUT2D eigenvalue weighted by Gasteiger charge is 2.09. The van der Waals surface area contributed by atoms with Gasteiger partial charge in [-0.3, -0.25) is 0 Å². The molecule has 4 nitrogen and oxygen atoms in total. The average Bonchev–Trinajstić information content (AvgIpc) is 2.45. The van der Waals surface area contributed by atoms with Gasteiger partial charge in [0.2, 0.25) is 0 Å². The Morgan fingerprint density at radius 1 is 1.05 bits per heavy atom. The smallest absolute Gasteiger partial charge is 0.154 e. The zero-order valence-corrected chi connectivity index (χ0v) is 12.4. The third kappa shape index (κ3) is 4.13. The van der Waals surface area contributed by atoms with Crippen LogP contribution in [-0.2, 0) is 6.42 Å². The van der Waals surface area contributed by atoms with Crippen molar-refractivity contribution in [3.05, 3.63) is 48.0 Å². The highest BCUT2D eigenvalue weighted by atomic mass is 16.5. The molecule has 0 saturated heterocycles. The number of rotatable bonds is 6. The Bertz CT molecular complexity index is 579. The van der Waals surface area contributed by atoms with Gasteiger partial charge in [0, 0.05) is 6.61 Å². The second-order valence-corrected chi connectivity index (χ2v) is 5.05. The molecule has 0 radical (unpaired) electrons. The Morgan fingerprint density at radius 2 is 1.71 bits per heavy atom. The third-order valence-electron chi connectivity index (χ3n) is 2.94. The molecule has 112 valence electrons. The van der Waals surface area contributed by atoms with E-state index in [0.717, 1.165) is 5.56 Å². The van der Waals surface area contributed by atoms with E-state index in [2.05, 4.69) is 0 Å². The summed E-state index contributed by atoms with van der Waals surface area (Å²) in [6, 6.07) is 13.1. The molecule has 3 N–H and O–H groups in total. The van der Waals surface area contributed by atoms with E-state index in [1.807, 2.05) is 56.3 Å². The van der Waals surface area contributed by atoms with Crippen LogP contribution in [0.4, 0.5) is 5.69 Å². The first-order chi connectivity index (χ1) is 10.1. The van der Waals surface area contributed by atoms with E-state index in [9.17, 15) is 0 Å². The quantitative estimate of drug-likeness (QED) is 0.799. The van der Waals surface area contributed by atoms with Gasteiger partial charge in [-0.05, 0) is 50.1 Å². The van der Waals surface area contributed by atoms with Crippen molar-refractivity contribution in [2.75, 3.05) is 12.3 Å². The van der Waals surface area contributed by atoms with Gasteiger partial charge in [0.05, 0.1) is 6.10 Å². The van der Waals surface area contributed by atoms with Crippen LogP contribution in [0.3, 0.4) is 0 Å². The summed E-state index contributed by atoms with van der Waals surface area (Å²) in [7, 11) is 0. The fraction of sp³-hybridized carbons (Fsp3) is 0.294.